The first-order chi connectivity index (χ1) is 13.5. The van der Waals surface area contributed by atoms with Gasteiger partial charge in [-0.3, -0.25) is 9.59 Å². The van der Waals surface area contributed by atoms with Gasteiger partial charge in [0, 0.05) is 13.0 Å². The van der Waals surface area contributed by atoms with Crippen LogP contribution < -0.4 is 10.5 Å². The van der Waals surface area contributed by atoms with E-state index in [2.05, 4.69) is 0 Å². The summed E-state index contributed by atoms with van der Waals surface area (Å²) in [6.07, 6.45) is 6.36. The molecule has 6 nitrogen and oxygen atoms in total. The smallest absolute Gasteiger partial charge is 0.222 e. The van der Waals surface area contributed by atoms with Crippen LogP contribution in [0.4, 0.5) is 4.39 Å². The van der Waals surface area contributed by atoms with Gasteiger partial charge in [0.15, 0.2) is 0 Å². The van der Waals surface area contributed by atoms with Gasteiger partial charge in [-0.2, -0.15) is 0 Å². The third-order valence-corrected chi connectivity index (χ3v) is 5.65. The molecule has 2 N–H and O–H groups in total. The van der Waals surface area contributed by atoms with Crippen molar-refractivity contribution in [3.63, 3.8) is 0 Å². The Labute approximate surface area is 165 Å². The molecule has 0 unspecified atom stereocenters. The molecule has 0 bridgehead atoms. The number of hydrogen-bond donors (Lipinski definition) is 1. The molecule has 154 valence electrons. The minimum atomic E-state index is -0.985. The summed E-state index contributed by atoms with van der Waals surface area (Å²) in [6.45, 7) is 1.16. The van der Waals surface area contributed by atoms with Crippen LogP contribution >= 0.6 is 0 Å². The van der Waals surface area contributed by atoms with Crippen LogP contribution in [0.3, 0.4) is 0 Å². The molecular weight excluding hydrogens is 363 g/mol. The summed E-state index contributed by atoms with van der Waals surface area (Å²) in [5.74, 6) is 0.349. The van der Waals surface area contributed by atoms with Gasteiger partial charge >= 0.3 is 0 Å². The zero-order valence-corrected chi connectivity index (χ0v) is 16.2. The van der Waals surface area contributed by atoms with E-state index in [4.69, 9.17) is 15.2 Å². The third-order valence-electron chi connectivity index (χ3n) is 5.65. The lowest BCUT2D eigenvalue weighted by molar-refractivity contribution is -0.162. The number of carbonyl (C=O) groups excluding carboxylic acids is 2. The summed E-state index contributed by atoms with van der Waals surface area (Å²) in [5, 5.41) is 0. The normalized spacial score (nSPS) is 23.0. The standard InChI is InChI=1S/C21H29FN2O4/c22-17-6-8-18(9-7-17)27-15-21(13-19(23)25)14-24(11-12-28-21)20(26)10-5-16-3-1-2-4-16/h6-9,16H,1-5,10-15H2,(H2,23,25)/t21-/m0/s1. The van der Waals surface area contributed by atoms with Crippen molar-refractivity contribution in [1.29, 1.82) is 0 Å². The van der Waals surface area contributed by atoms with Crippen molar-refractivity contribution >= 4 is 11.8 Å². The van der Waals surface area contributed by atoms with Crippen LogP contribution in [-0.4, -0.2) is 48.6 Å². The van der Waals surface area contributed by atoms with Gasteiger partial charge in [0.25, 0.3) is 0 Å². The molecule has 1 saturated heterocycles. The summed E-state index contributed by atoms with van der Waals surface area (Å²) >= 11 is 0. The maximum atomic E-state index is 13.1. The fraction of sp³-hybridized carbons (Fsp3) is 0.619. The Morgan fingerprint density at radius 2 is 1.96 bits per heavy atom. The topological polar surface area (TPSA) is 81.9 Å². The van der Waals surface area contributed by atoms with E-state index in [0.29, 0.717) is 31.2 Å². The summed E-state index contributed by atoms with van der Waals surface area (Å²) in [6, 6.07) is 5.63. The van der Waals surface area contributed by atoms with Crippen molar-refractivity contribution in [3.05, 3.63) is 30.1 Å². The quantitative estimate of drug-likeness (QED) is 0.737. The Kier molecular flexibility index (Phi) is 6.88. The Bertz CT molecular complexity index is 675. The molecule has 28 heavy (non-hydrogen) atoms. The molecule has 3 rings (SSSR count). The zero-order valence-electron chi connectivity index (χ0n) is 16.2. The summed E-state index contributed by atoms with van der Waals surface area (Å²) in [4.78, 5) is 26.1. The number of halogens is 1. The highest BCUT2D eigenvalue weighted by Crippen LogP contribution is 2.30. The first-order valence-electron chi connectivity index (χ1n) is 10.0. The number of rotatable bonds is 8. The number of nitrogens with zero attached hydrogens (tertiary/aromatic N) is 1. The average Bonchev–Trinajstić information content (AvgIpc) is 3.19. The van der Waals surface area contributed by atoms with E-state index >= 15 is 0 Å². The molecule has 1 aromatic rings. The summed E-state index contributed by atoms with van der Waals surface area (Å²) in [7, 11) is 0. The number of nitrogens with two attached hydrogens (primary N) is 1. The number of morpholine rings is 1. The SMILES string of the molecule is NC(=O)C[C@@]1(COc2ccc(F)cc2)CN(C(=O)CCC2CCCC2)CCO1. The molecule has 1 heterocycles. The second-order valence-electron chi connectivity index (χ2n) is 7.92. The Morgan fingerprint density at radius 1 is 1.25 bits per heavy atom. The van der Waals surface area contributed by atoms with Crippen LogP contribution in [0.1, 0.15) is 44.9 Å². The van der Waals surface area contributed by atoms with E-state index in [0.717, 1.165) is 6.42 Å². The second kappa shape index (κ2) is 9.37. The molecular formula is C21H29FN2O4. The minimum Gasteiger partial charge on any atom is -0.490 e. The predicted molar refractivity (Wildman–Crippen MR) is 102 cm³/mol. The van der Waals surface area contributed by atoms with Crippen molar-refractivity contribution in [3.8, 4) is 5.75 Å². The van der Waals surface area contributed by atoms with Gasteiger partial charge in [-0.05, 0) is 36.6 Å². The number of primary amides is 1. The molecule has 0 spiro atoms. The van der Waals surface area contributed by atoms with Gasteiger partial charge < -0.3 is 20.1 Å². The van der Waals surface area contributed by atoms with Gasteiger partial charge in [-0.1, -0.05) is 25.7 Å². The molecule has 1 aliphatic heterocycles. The molecule has 0 radical (unpaired) electrons. The average molecular weight is 392 g/mol. The highest BCUT2D eigenvalue weighted by atomic mass is 19.1. The first-order valence-corrected chi connectivity index (χ1v) is 10.0. The van der Waals surface area contributed by atoms with Crippen molar-refractivity contribution in [2.45, 2.75) is 50.5 Å². The number of hydrogen-bond acceptors (Lipinski definition) is 4. The molecule has 1 aliphatic carbocycles. The third kappa shape index (κ3) is 5.67. The molecule has 2 aliphatic rings. The van der Waals surface area contributed by atoms with Crippen molar-refractivity contribution < 1.29 is 23.5 Å². The molecule has 7 heteroatoms. The van der Waals surface area contributed by atoms with Crippen LogP contribution in [-0.2, 0) is 14.3 Å². The van der Waals surface area contributed by atoms with Gasteiger partial charge in [0.2, 0.25) is 11.8 Å². The van der Waals surface area contributed by atoms with Crippen molar-refractivity contribution in [1.82, 2.24) is 4.90 Å². The highest BCUT2D eigenvalue weighted by molar-refractivity contribution is 5.77. The van der Waals surface area contributed by atoms with E-state index in [-0.39, 0.29) is 31.3 Å². The number of benzene rings is 1. The van der Waals surface area contributed by atoms with E-state index in [1.165, 1.54) is 49.9 Å². The van der Waals surface area contributed by atoms with E-state index < -0.39 is 11.5 Å². The number of ether oxygens (including phenoxy) is 2. The molecule has 0 aromatic heterocycles. The largest absolute Gasteiger partial charge is 0.490 e. The molecule has 1 saturated carbocycles. The molecule has 1 aromatic carbocycles. The minimum absolute atomic E-state index is 0.0411. The molecule has 1 atom stereocenters. The lowest BCUT2D eigenvalue weighted by Crippen LogP contribution is -2.58. The Balaban J connectivity index is 1.60. The van der Waals surface area contributed by atoms with Crippen LogP contribution in [0.2, 0.25) is 0 Å². The predicted octanol–water partition coefficient (Wildman–Crippen LogP) is 2.65. The first kappa shape index (κ1) is 20.6. The zero-order chi connectivity index (χ0) is 20.0. The lowest BCUT2D eigenvalue weighted by Gasteiger charge is -2.42. The summed E-state index contributed by atoms with van der Waals surface area (Å²) in [5.41, 5.74) is 4.45. The highest BCUT2D eigenvalue weighted by Gasteiger charge is 2.40. The van der Waals surface area contributed by atoms with Gasteiger partial charge in [0.05, 0.1) is 19.6 Å². The second-order valence-corrected chi connectivity index (χ2v) is 7.92. The van der Waals surface area contributed by atoms with E-state index in [9.17, 15) is 14.0 Å². The Morgan fingerprint density at radius 3 is 2.64 bits per heavy atom. The van der Waals surface area contributed by atoms with Gasteiger partial charge in [-0.15, -0.1) is 0 Å². The lowest BCUT2D eigenvalue weighted by atomic mass is 9.96. The molecule has 2 fully saturated rings. The maximum Gasteiger partial charge on any atom is 0.222 e. The number of amides is 2. The van der Waals surface area contributed by atoms with Gasteiger partial charge in [-0.25, -0.2) is 4.39 Å². The van der Waals surface area contributed by atoms with Crippen LogP contribution in [0.25, 0.3) is 0 Å². The molecule has 2 amide bonds. The number of carbonyl (C=O) groups is 2. The van der Waals surface area contributed by atoms with E-state index in [1.807, 2.05) is 0 Å². The van der Waals surface area contributed by atoms with Crippen LogP contribution in [0, 0.1) is 11.7 Å². The van der Waals surface area contributed by atoms with E-state index in [1.54, 1.807) is 4.90 Å². The van der Waals surface area contributed by atoms with Crippen LogP contribution in [0.15, 0.2) is 24.3 Å². The van der Waals surface area contributed by atoms with Crippen LogP contribution in [0.5, 0.6) is 5.75 Å². The van der Waals surface area contributed by atoms with Crippen molar-refractivity contribution in [2.75, 3.05) is 26.3 Å². The fourth-order valence-corrected chi connectivity index (χ4v) is 4.15. The summed E-state index contributed by atoms with van der Waals surface area (Å²) < 4.78 is 24.7. The van der Waals surface area contributed by atoms with Crippen molar-refractivity contribution in [2.24, 2.45) is 11.7 Å². The Hall–Kier alpha value is -2.15. The fourth-order valence-electron chi connectivity index (χ4n) is 4.15. The van der Waals surface area contributed by atoms with Gasteiger partial charge in [0.1, 0.15) is 23.8 Å². The maximum absolute atomic E-state index is 13.1. The monoisotopic (exact) mass is 392 g/mol.